The maximum absolute atomic E-state index is 13.1. The van der Waals surface area contributed by atoms with Crippen molar-refractivity contribution in [3.63, 3.8) is 0 Å². The first-order chi connectivity index (χ1) is 18.4. The van der Waals surface area contributed by atoms with E-state index in [2.05, 4.69) is 20.5 Å². The number of rotatable bonds is 8. The van der Waals surface area contributed by atoms with Gasteiger partial charge in [-0.15, -0.1) is 0 Å². The number of aryl methyl sites for hydroxylation is 1. The van der Waals surface area contributed by atoms with Crippen molar-refractivity contribution in [3.05, 3.63) is 64.5 Å². The molecule has 1 saturated heterocycles. The summed E-state index contributed by atoms with van der Waals surface area (Å²) in [6.45, 7) is 7.49. The highest BCUT2D eigenvalue weighted by Crippen LogP contribution is 2.42. The Hall–Kier alpha value is -4.04. The van der Waals surface area contributed by atoms with E-state index in [1.807, 2.05) is 56.3 Å². The Labute approximate surface area is 223 Å². The van der Waals surface area contributed by atoms with Gasteiger partial charge in [0.1, 0.15) is 0 Å². The molecule has 8 heteroatoms. The van der Waals surface area contributed by atoms with E-state index in [0.29, 0.717) is 29.2 Å². The van der Waals surface area contributed by atoms with Crippen molar-refractivity contribution >= 4 is 29.2 Å². The number of hydrogen-bond acceptors (Lipinski definition) is 5. The van der Waals surface area contributed by atoms with E-state index in [0.717, 1.165) is 59.0 Å². The number of ether oxygens (including phenoxy) is 2. The predicted octanol–water partition coefficient (Wildman–Crippen LogP) is 4.63. The van der Waals surface area contributed by atoms with E-state index in [1.54, 1.807) is 14.2 Å². The van der Waals surface area contributed by atoms with Crippen molar-refractivity contribution < 1.29 is 19.1 Å². The highest BCUT2D eigenvalue weighted by Gasteiger charge is 2.29. The van der Waals surface area contributed by atoms with Crippen LogP contribution < -0.4 is 20.1 Å². The molecule has 3 heterocycles. The second kappa shape index (κ2) is 10.8. The summed E-state index contributed by atoms with van der Waals surface area (Å²) in [6, 6.07) is 11.5. The first-order valence-corrected chi connectivity index (χ1v) is 13.0. The molecule has 38 heavy (non-hydrogen) atoms. The minimum absolute atomic E-state index is 0.0950. The second-order valence-electron chi connectivity index (χ2n) is 9.78. The smallest absolute Gasteiger partial charge is 0.256 e. The molecule has 3 N–H and O–H groups in total. The topological polar surface area (TPSA) is 95.7 Å². The molecule has 5 rings (SSSR count). The molecular weight excluding hydrogens is 480 g/mol. The number of fused-ring (bicyclic) bond motifs is 1. The van der Waals surface area contributed by atoms with Crippen LogP contribution in [0.1, 0.15) is 45.7 Å². The van der Waals surface area contributed by atoms with Crippen molar-refractivity contribution in [3.8, 4) is 22.6 Å². The van der Waals surface area contributed by atoms with Gasteiger partial charge in [-0.1, -0.05) is 18.2 Å². The minimum Gasteiger partial charge on any atom is -0.493 e. The molecule has 198 valence electrons. The van der Waals surface area contributed by atoms with E-state index in [-0.39, 0.29) is 11.8 Å². The van der Waals surface area contributed by atoms with Crippen molar-refractivity contribution in [1.82, 2.24) is 15.2 Å². The van der Waals surface area contributed by atoms with Gasteiger partial charge in [-0.05, 0) is 80.7 Å². The van der Waals surface area contributed by atoms with Crippen LogP contribution in [0.15, 0.2) is 36.4 Å². The number of methoxy groups -OCH3 is 2. The van der Waals surface area contributed by atoms with Crippen molar-refractivity contribution in [2.24, 2.45) is 0 Å². The quantitative estimate of drug-likeness (QED) is 0.381. The van der Waals surface area contributed by atoms with Crippen LogP contribution in [0.3, 0.4) is 0 Å². The maximum Gasteiger partial charge on any atom is 0.256 e. The van der Waals surface area contributed by atoms with Gasteiger partial charge in [-0.25, -0.2) is 0 Å². The summed E-state index contributed by atoms with van der Waals surface area (Å²) < 4.78 is 10.9. The molecule has 1 aromatic heterocycles. The number of likely N-dealkylation sites (tertiary alicyclic amines) is 1. The number of aromatic amines is 1. The fraction of sp³-hybridized carbons (Fsp3) is 0.333. The van der Waals surface area contributed by atoms with E-state index < -0.39 is 0 Å². The third kappa shape index (κ3) is 4.79. The average Bonchev–Trinajstić information content (AvgIpc) is 3.62. The van der Waals surface area contributed by atoms with Gasteiger partial charge in [0.25, 0.3) is 11.8 Å². The molecule has 1 fully saturated rings. The third-order valence-corrected chi connectivity index (χ3v) is 7.43. The van der Waals surface area contributed by atoms with Crippen LogP contribution in [-0.4, -0.2) is 62.1 Å². The van der Waals surface area contributed by atoms with Gasteiger partial charge < -0.3 is 30.0 Å². The Kier molecular flexibility index (Phi) is 7.24. The number of carbonyl (C=O) groups is 2. The average molecular weight is 515 g/mol. The molecule has 2 amide bonds. The first-order valence-electron chi connectivity index (χ1n) is 13.0. The lowest BCUT2D eigenvalue weighted by Crippen LogP contribution is -2.33. The third-order valence-electron chi connectivity index (χ3n) is 7.43. The monoisotopic (exact) mass is 514 g/mol. The Morgan fingerprint density at radius 3 is 2.58 bits per heavy atom. The Morgan fingerprint density at radius 1 is 1.08 bits per heavy atom. The predicted molar refractivity (Wildman–Crippen MR) is 150 cm³/mol. The highest BCUT2D eigenvalue weighted by atomic mass is 16.5. The Bertz CT molecular complexity index is 1420. The minimum atomic E-state index is -0.184. The normalized spacial score (nSPS) is 16.0. The molecule has 0 atom stereocenters. The van der Waals surface area contributed by atoms with Crippen LogP contribution in [0.5, 0.6) is 11.5 Å². The molecule has 0 unspecified atom stereocenters. The summed E-state index contributed by atoms with van der Waals surface area (Å²) in [5.74, 6) is 0.970. The zero-order chi connectivity index (χ0) is 26.8. The molecule has 2 aromatic carbocycles. The van der Waals surface area contributed by atoms with E-state index in [1.165, 1.54) is 12.8 Å². The number of nitrogens with zero attached hydrogens (tertiary/aromatic N) is 1. The molecule has 2 aliphatic heterocycles. The van der Waals surface area contributed by atoms with Crippen molar-refractivity contribution in [2.75, 3.05) is 45.7 Å². The van der Waals surface area contributed by atoms with Crippen LogP contribution in [0.25, 0.3) is 22.8 Å². The van der Waals surface area contributed by atoms with E-state index >= 15 is 0 Å². The fourth-order valence-corrected chi connectivity index (χ4v) is 5.46. The molecule has 2 aliphatic rings. The molecule has 0 saturated carbocycles. The largest absolute Gasteiger partial charge is 0.493 e. The number of hydrogen-bond donors (Lipinski definition) is 3. The zero-order valence-electron chi connectivity index (χ0n) is 22.4. The Morgan fingerprint density at radius 2 is 1.84 bits per heavy atom. The number of amides is 2. The summed E-state index contributed by atoms with van der Waals surface area (Å²) >= 11 is 0. The van der Waals surface area contributed by atoms with Gasteiger partial charge in [-0.3, -0.25) is 9.59 Å². The summed E-state index contributed by atoms with van der Waals surface area (Å²) in [7, 11) is 3.20. The molecule has 8 nitrogen and oxygen atoms in total. The maximum atomic E-state index is 13.1. The van der Waals surface area contributed by atoms with Crippen molar-refractivity contribution in [2.45, 2.75) is 26.7 Å². The summed E-state index contributed by atoms with van der Waals surface area (Å²) in [5.41, 5.74) is 6.86. The molecule has 0 spiro atoms. The number of carbonyl (C=O) groups excluding carboxylic acids is 2. The summed E-state index contributed by atoms with van der Waals surface area (Å²) in [4.78, 5) is 31.9. The number of aromatic nitrogens is 1. The lowest BCUT2D eigenvalue weighted by Gasteiger charge is -2.14. The van der Waals surface area contributed by atoms with Gasteiger partial charge in [-0.2, -0.15) is 0 Å². The standard InChI is InChI=1S/C30H34N4O4/c1-18-24(32-19(2)27(18)30(36)31-12-15-34-13-5-6-14-34)17-22-28-21(8-7-9-23(28)33-29(22)35)20-10-11-25(37-3)26(16-20)38-4/h7-11,16-17,32H,5-6,12-15H2,1-4H3,(H,31,36)(H,33,35). The van der Waals surface area contributed by atoms with Gasteiger partial charge in [0.05, 0.1) is 25.4 Å². The molecule has 0 bridgehead atoms. The highest BCUT2D eigenvalue weighted by molar-refractivity contribution is 6.36. The number of H-pyrrole nitrogens is 1. The summed E-state index contributed by atoms with van der Waals surface area (Å²) in [5, 5.41) is 6.05. The summed E-state index contributed by atoms with van der Waals surface area (Å²) in [6.07, 6.45) is 4.30. The van der Waals surface area contributed by atoms with Gasteiger partial charge in [0.2, 0.25) is 0 Å². The number of nitrogens with one attached hydrogen (secondary N) is 3. The SMILES string of the molecule is COc1ccc(-c2cccc3c2C(=Cc2[nH]c(C)c(C(=O)NCCN4CCCC4)c2C)C(=O)N3)cc1OC. The van der Waals surface area contributed by atoms with Crippen LogP contribution >= 0.6 is 0 Å². The van der Waals surface area contributed by atoms with Crippen LogP contribution in [0, 0.1) is 13.8 Å². The number of anilines is 1. The van der Waals surface area contributed by atoms with Crippen LogP contribution in [0.2, 0.25) is 0 Å². The zero-order valence-corrected chi connectivity index (χ0v) is 22.4. The van der Waals surface area contributed by atoms with Crippen LogP contribution in [-0.2, 0) is 4.79 Å². The van der Waals surface area contributed by atoms with Gasteiger partial charge in [0, 0.05) is 35.7 Å². The first kappa shape index (κ1) is 25.6. The van der Waals surface area contributed by atoms with Gasteiger partial charge >= 0.3 is 0 Å². The van der Waals surface area contributed by atoms with Gasteiger partial charge in [0.15, 0.2) is 11.5 Å². The van der Waals surface area contributed by atoms with Crippen molar-refractivity contribution in [1.29, 1.82) is 0 Å². The molecule has 0 radical (unpaired) electrons. The lowest BCUT2D eigenvalue weighted by atomic mass is 9.94. The number of benzene rings is 2. The fourth-order valence-electron chi connectivity index (χ4n) is 5.46. The lowest BCUT2D eigenvalue weighted by molar-refractivity contribution is -0.110. The van der Waals surface area contributed by atoms with E-state index in [4.69, 9.17) is 9.47 Å². The van der Waals surface area contributed by atoms with E-state index in [9.17, 15) is 9.59 Å². The van der Waals surface area contributed by atoms with Crippen LogP contribution in [0.4, 0.5) is 5.69 Å². The molecule has 3 aromatic rings. The Balaban J connectivity index is 1.46. The molecular formula is C30H34N4O4. The molecule has 0 aliphatic carbocycles. The second-order valence-corrected chi connectivity index (χ2v) is 9.78.